The highest BCUT2D eigenvalue weighted by atomic mass is 16.5. The molecule has 0 aliphatic heterocycles. The summed E-state index contributed by atoms with van der Waals surface area (Å²) in [5.74, 6) is 1.04. The van der Waals surface area contributed by atoms with E-state index < -0.39 is 0 Å². The number of rotatable bonds is 4. The van der Waals surface area contributed by atoms with Crippen LogP contribution in [0.4, 0.5) is 0 Å². The normalized spacial score (nSPS) is 25.5. The smallest absolute Gasteiger partial charge is 0.138 e. The molecule has 0 aromatic rings. The van der Waals surface area contributed by atoms with Gasteiger partial charge in [0.05, 0.1) is 6.10 Å². The maximum absolute atomic E-state index is 11.5. The van der Waals surface area contributed by atoms with E-state index in [2.05, 4.69) is 13.8 Å². The first-order chi connectivity index (χ1) is 6.16. The van der Waals surface area contributed by atoms with Gasteiger partial charge in [0.1, 0.15) is 5.78 Å². The molecule has 0 saturated heterocycles. The number of ether oxygens (including phenoxy) is 1. The SMILES string of the molecule is CCOC(C(C)C)C1CCCC1=O. The van der Waals surface area contributed by atoms with Gasteiger partial charge in [-0.15, -0.1) is 0 Å². The van der Waals surface area contributed by atoms with Crippen LogP contribution in [0.2, 0.25) is 0 Å². The van der Waals surface area contributed by atoms with Gasteiger partial charge in [-0.1, -0.05) is 13.8 Å². The van der Waals surface area contributed by atoms with Crippen molar-refractivity contribution in [2.24, 2.45) is 11.8 Å². The summed E-state index contributed by atoms with van der Waals surface area (Å²) in [6.45, 7) is 6.97. The van der Waals surface area contributed by atoms with Gasteiger partial charge in [0.25, 0.3) is 0 Å². The second-order valence-corrected chi connectivity index (χ2v) is 4.13. The van der Waals surface area contributed by atoms with Gasteiger partial charge in [0.15, 0.2) is 0 Å². The molecule has 1 aliphatic carbocycles. The third kappa shape index (κ3) is 2.53. The fourth-order valence-electron chi connectivity index (χ4n) is 2.16. The van der Waals surface area contributed by atoms with Gasteiger partial charge in [0.2, 0.25) is 0 Å². The molecule has 0 spiro atoms. The van der Waals surface area contributed by atoms with Crippen molar-refractivity contribution in [3.63, 3.8) is 0 Å². The molecule has 2 heteroatoms. The molecule has 0 radical (unpaired) electrons. The molecule has 1 aliphatic rings. The van der Waals surface area contributed by atoms with Crippen molar-refractivity contribution in [1.82, 2.24) is 0 Å². The largest absolute Gasteiger partial charge is 0.377 e. The second-order valence-electron chi connectivity index (χ2n) is 4.13. The lowest BCUT2D eigenvalue weighted by Gasteiger charge is -2.25. The number of Topliss-reactive ketones (excluding diaryl/α,β-unsaturated/α-hetero) is 1. The number of hydrogen-bond donors (Lipinski definition) is 0. The van der Waals surface area contributed by atoms with Gasteiger partial charge in [-0.2, -0.15) is 0 Å². The quantitative estimate of drug-likeness (QED) is 0.670. The van der Waals surface area contributed by atoms with Gasteiger partial charge in [-0.25, -0.2) is 0 Å². The van der Waals surface area contributed by atoms with Crippen molar-refractivity contribution < 1.29 is 9.53 Å². The molecular formula is C11H20O2. The summed E-state index contributed by atoms with van der Waals surface area (Å²) in [7, 11) is 0. The fraction of sp³-hybridized carbons (Fsp3) is 0.909. The zero-order valence-corrected chi connectivity index (χ0v) is 8.88. The Hall–Kier alpha value is -0.370. The Kier molecular flexibility index (Phi) is 3.91. The molecule has 2 nitrogen and oxygen atoms in total. The van der Waals surface area contributed by atoms with Crippen molar-refractivity contribution in [3.8, 4) is 0 Å². The molecule has 0 aromatic carbocycles. The lowest BCUT2D eigenvalue weighted by molar-refractivity contribution is -0.126. The second kappa shape index (κ2) is 4.75. The number of ketones is 1. The third-order valence-corrected chi connectivity index (χ3v) is 2.76. The van der Waals surface area contributed by atoms with Crippen LogP contribution in [0, 0.1) is 11.8 Å². The molecule has 0 N–H and O–H groups in total. The highest BCUT2D eigenvalue weighted by Gasteiger charge is 2.34. The van der Waals surface area contributed by atoms with E-state index in [1.807, 2.05) is 6.92 Å². The Balaban J connectivity index is 2.57. The van der Waals surface area contributed by atoms with Crippen molar-refractivity contribution in [3.05, 3.63) is 0 Å². The van der Waals surface area contributed by atoms with Crippen LogP contribution in [-0.4, -0.2) is 18.5 Å². The highest BCUT2D eigenvalue weighted by Crippen LogP contribution is 2.29. The molecule has 0 heterocycles. The molecular weight excluding hydrogens is 164 g/mol. The van der Waals surface area contributed by atoms with Crippen LogP contribution in [0.25, 0.3) is 0 Å². The summed E-state index contributed by atoms with van der Waals surface area (Å²) >= 11 is 0. The highest BCUT2D eigenvalue weighted by molar-refractivity contribution is 5.83. The summed E-state index contributed by atoms with van der Waals surface area (Å²) in [5.41, 5.74) is 0. The molecule has 1 rings (SSSR count). The molecule has 76 valence electrons. The molecule has 2 atom stereocenters. The Morgan fingerprint density at radius 2 is 2.23 bits per heavy atom. The van der Waals surface area contributed by atoms with Crippen LogP contribution >= 0.6 is 0 Å². The van der Waals surface area contributed by atoms with Crippen LogP contribution in [0.3, 0.4) is 0 Å². The van der Waals surface area contributed by atoms with Crippen molar-refractivity contribution in [2.75, 3.05) is 6.61 Å². The van der Waals surface area contributed by atoms with Gasteiger partial charge < -0.3 is 4.74 Å². The minimum absolute atomic E-state index is 0.153. The van der Waals surface area contributed by atoms with E-state index in [1.165, 1.54) is 0 Å². The fourth-order valence-corrected chi connectivity index (χ4v) is 2.16. The van der Waals surface area contributed by atoms with Gasteiger partial charge in [-0.05, 0) is 25.7 Å². The average Bonchev–Trinajstić information content (AvgIpc) is 2.47. The summed E-state index contributed by atoms with van der Waals surface area (Å²) in [4.78, 5) is 11.5. The van der Waals surface area contributed by atoms with Crippen LogP contribution in [0.15, 0.2) is 0 Å². The Morgan fingerprint density at radius 1 is 1.54 bits per heavy atom. The Morgan fingerprint density at radius 3 is 2.62 bits per heavy atom. The lowest BCUT2D eigenvalue weighted by Crippen LogP contribution is -2.31. The predicted molar refractivity (Wildman–Crippen MR) is 52.6 cm³/mol. The van der Waals surface area contributed by atoms with E-state index in [4.69, 9.17) is 4.74 Å². The molecule has 0 bridgehead atoms. The van der Waals surface area contributed by atoms with Gasteiger partial charge in [0, 0.05) is 18.9 Å². The van der Waals surface area contributed by atoms with Gasteiger partial charge in [-0.3, -0.25) is 4.79 Å². The minimum Gasteiger partial charge on any atom is -0.377 e. The topological polar surface area (TPSA) is 26.3 Å². The Bertz CT molecular complexity index is 175. The molecule has 2 unspecified atom stereocenters. The molecule has 0 amide bonds. The summed E-state index contributed by atoms with van der Waals surface area (Å²) < 4.78 is 5.64. The maximum atomic E-state index is 11.5. The predicted octanol–water partition coefficient (Wildman–Crippen LogP) is 2.42. The standard InChI is InChI=1S/C11H20O2/c1-4-13-11(8(2)3)9-6-5-7-10(9)12/h8-9,11H,4-7H2,1-3H3. The Labute approximate surface area is 80.7 Å². The first-order valence-corrected chi connectivity index (χ1v) is 5.31. The van der Waals surface area contributed by atoms with E-state index in [1.54, 1.807) is 0 Å². The monoisotopic (exact) mass is 184 g/mol. The minimum atomic E-state index is 0.153. The zero-order valence-electron chi connectivity index (χ0n) is 8.88. The van der Waals surface area contributed by atoms with E-state index in [0.717, 1.165) is 19.3 Å². The van der Waals surface area contributed by atoms with Crippen LogP contribution in [0.5, 0.6) is 0 Å². The van der Waals surface area contributed by atoms with Crippen LogP contribution in [0.1, 0.15) is 40.0 Å². The maximum Gasteiger partial charge on any atom is 0.138 e. The molecule has 13 heavy (non-hydrogen) atoms. The van der Waals surface area contributed by atoms with Crippen molar-refractivity contribution >= 4 is 5.78 Å². The van der Waals surface area contributed by atoms with E-state index in [0.29, 0.717) is 18.3 Å². The summed E-state index contributed by atoms with van der Waals surface area (Å²) in [5, 5.41) is 0. The van der Waals surface area contributed by atoms with Crippen molar-refractivity contribution in [1.29, 1.82) is 0 Å². The summed E-state index contributed by atoms with van der Waals surface area (Å²) in [6, 6.07) is 0. The summed E-state index contributed by atoms with van der Waals surface area (Å²) in [6.07, 6.45) is 3.00. The molecule has 1 fully saturated rings. The van der Waals surface area contributed by atoms with E-state index >= 15 is 0 Å². The first kappa shape index (κ1) is 10.7. The number of hydrogen-bond acceptors (Lipinski definition) is 2. The van der Waals surface area contributed by atoms with Crippen LogP contribution in [-0.2, 0) is 9.53 Å². The average molecular weight is 184 g/mol. The third-order valence-electron chi connectivity index (χ3n) is 2.76. The van der Waals surface area contributed by atoms with Crippen molar-refractivity contribution in [2.45, 2.75) is 46.1 Å². The molecule has 1 saturated carbocycles. The van der Waals surface area contributed by atoms with Crippen LogP contribution < -0.4 is 0 Å². The zero-order chi connectivity index (χ0) is 9.84. The molecule has 0 aromatic heterocycles. The van der Waals surface area contributed by atoms with E-state index in [9.17, 15) is 4.79 Å². The van der Waals surface area contributed by atoms with E-state index in [-0.39, 0.29) is 12.0 Å². The lowest BCUT2D eigenvalue weighted by atomic mass is 9.91. The first-order valence-electron chi connectivity index (χ1n) is 5.31. The van der Waals surface area contributed by atoms with Gasteiger partial charge >= 0.3 is 0 Å². The number of carbonyl (C=O) groups is 1. The number of carbonyl (C=O) groups excluding carboxylic acids is 1.